The Morgan fingerprint density at radius 3 is 2.56 bits per heavy atom. The van der Waals surface area contributed by atoms with Crippen molar-refractivity contribution in [3.05, 3.63) is 29.3 Å². The van der Waals surface area contributed by atoms with Crippen molar-refractivity contribution in [2.75, 3.05) is 6.61 Å². The molecule has 1 aromatic carbocycles. The Kier molecular flexibility index (Phi) is 4.81. The van der Waals surface area contributed by atoms with Crippen molar-refractivity contribution in [3.63, 3.8) is 0 Å². The lowest BCUT2D eigenvalue weighted by Gasteiger charge is -2.16. The number of benzene rings is 1. The maximum absolute atomic E-state index is 9.67. The smallest absolute Gasteiger partial charge is 0.125 e. The largest absolute Gasteiger partial charge is 0.493 e. The maximum atomic E-state index is 9.67. The number of ether oxygens (including phenoxy) is 1. The predicted octanol–water partition coefficient (Wildman–Crippen LogP) is 3.47. The minimum atomic E-state index is -0.480. The highest BCUT2D eigenvalue weighted by atomic mass is 16.5. The van der Waals surface area contributed by atoms with Crippen LogP contribution in [0.4, 0.5) is 0 Å². The summed E-state index contributed by atoms with van der Waals surface area (Å²) in [6.45, 7) is 8.81. The van der Waals surface area contributed by atoms with Crippen molar-refractivity contribution >= 4 is 0 Å². The molecule has 0 amide bonds. The van der Waals surface area contributed by atoms with E-state index in [4.69, 9.17) is 4.74 Å². The molecule has 90 valence electrons. The molecule has 0 aliphatic carbocycles. The molecule has 0 saturated heterocycles. The number of hydrogen-bond donors (Lipinski definition) is 1. The van der Waals surface area contributed by atoms with E-state index >= 15 is 0 Å². The molecule has 1 aromatic rings. The highest BCUT2D eigenvalue weighted by Crippen LogP contribution is 2.26. The maximum Gasteiger partial charge on any atom is 0.125 e. The Hall–Kier alpha value is -1.02. The zero-order chi connectivity index (χ0) is 12.1. The van der Waals surface area contributed by atoms with Crippen LogP contribution >= 0.6 is 0 Å². The Bertz CT molecular complexity index is 332. The van der Waals surface area contributed by atoms with Crippen molar-refractivity contribution < 1.29 is 9.84 Å². The molecule has 0 radical (unpaired) electrons. The Balaban J connectivity index is 2.78. The lowest BCUT2D eigenvalue weighted by atomic mass is 10.1. The summed E-state index contributed by atoms with van der Waals surface area (Å²) in [4.78, 5) is 0. The molecule has 0 bridgehead atoms. The van der Waals surface area contributed by atoms with E-state index in [-0.39, 0.29) is 0 Å². The van der Waals surface area contributed by atoms with Gasteiger partial charge in [-0.1, -0.05) is 31.9 Å². The summed E-state index contributed by atoms with van der Waals surface area (Å²) in [5.74, 6) is 1.35. The molecule has 2 heteroatoms. The molecule has 0 aliphatic rings. The quantitative estimate of drug-likeness (QED) is 0.826. The highest BCUT2D eigenvalue weighted by molar-refractivity contribution is 5.38. The van der Waals surface area contributed by atoms with Crippen LogP contribution in [0.2, 0.25) is 0 Å². The molecule has 0 aromatic heterocycles. The predicted molar refractivity (Wildman–Crippen MR) is 66.8 cm³/mol. The topological polar surface area (TPSA) is 29.5 Å². The van der Waals surface area contributed by atoms with Crippen LogP contribution in [0, 0.1) is 12.8 Å². The zero-order valence-corrected chi connectivity index (χ0v) is 10.7. The summed E-state index contributed by atoms with van der Waals surface area (Å²) >= 11 is 0. The molecule has 1 rings (SSSR count). The average Bonchev–Trinajstić information content (AvgIpc) is 2.26. The van der Waals surface area contributed by atoms with E-state index < -0.39 is 6.10 Å². The third-order valence-electron chi connectivity index (χ3n) is 2.84. The molecule has 0 spiro atoms. The van der Waals surface area contributed by atoms with Crippen molar-refractivity contribution in [2.24, 2.45) is 5.92 Å². The lowest BCUT2D eigenvalue weighted by molar-refractivity contribution is 0.186. The molecule has 16 heavy (non-hydrogen) atoms. The van der Waals surface area contributed by atoms with Crippen LogP contribution in [0.1, 0.15) is 44.4 Å². The van der Waals surface area contributed by atoms with Crippen LogP contribution in [0.5, 0.6) is 5.75 Å². The van der Waals surface area contributed by atoms with E-state index in [0.717, 1.165) is 23.3 Å². The summed E-state index contributed by atoms with van der Waals surface area (Å²) in [6.07, 6.45) is 0.627. The second-order valence-corrected chi connectivity index (χ2v) is 4.54. The number of hydrogen-bond acceptors (Lipinski definition) is 2. The fraction of sp³-hybridized carbons (Fsp3) is 0.571. The number of aliphatic hydroxyl groups is 1. The van der Waals surface area contributed by atoms with E-state index in [1.807, 2.05) is 25.1 Å². The van der Waals surface area contributed by atoms with Gasteiger partial charge >= 0.3 is 0 Å². The van der Waals surface area contributed by atoms with Gasteiger partial charge in [0.15, 0.2) is 0 Å². The van der Waals surface area contributed by atoms with Gasteiger partial charge in [-0.25, -0.2) is 0 Å². The van der Waals surface area contributed by atoms with Gasteiger partial charge in [0.1, 0.15) is 5.75 Å². The van der Waals surface area contributed by atoms with E-state index in [1.165, 1.54) is 0 Å². The van der Waals surface area contributed by atoms with Crippen molar-refractivity contribution in [2.45, 2.75) is 40.2 Å². The fourth-order valence-electron chi connectivity index (χ4n) is 1.48. The second kappa shape index (κ2) is 5.90. The van der Waals surface area contributed by atoms with Crippen LogP contribution in [0.3, 0.4) is 0 Å². The molecular weight excluding hydrogens is 200 g/mol. The molecule has 0 aliphatic heterocycles. The third-order valence-corrected chi connectivity index (χ3v) is 2.84. The SMILES string of the molecule is CCC(C)COc1ccc(C)cc1[C@H](C)O. The monoisotopic (exact) mass is 222 g/mol. The molecule has 2 atom stereocenters. The second-order valence-electron chi connectivity index (χ2n) is 4.54. The first kappa shape index (κ1) is 13.0. The van der Waals surface area contributed by atoms with E-state index in [2.05, 4.69) is 13.8 Å². The minimum Gasteiger partial charge on any atom is -0.493 e. The molecule has 0 fully saturated rings. The Labute approximate surface area is 98.3 Å². The first-order valence-corrected chi connectivity index (χ1v) is 5.96. The summed E-state index contributed by atoms with van der Waals surface area (Å²) in [5, 5.41) is 9.67. The summed E-state index contributed by atoms with van der Waals surface area (Å²) in [6, 6.07) is 5.94. The van der Waals surface area contributed by atoms with Gasteiger partial charge in [0.25, 0.3) is 0 Å². The first-order chi connectivity index (χ1) is 7.54. The van der Waals surface area contributed by atoms with Gasteiger partial charge in [-0.15, -0.1) is 0 Å². The van der Waals surface area contributed by atoms with Gasteiger partial charge < -0.3 is 9.84 Å². The third kappa shape index (κ3) is 3.53. The van der Waals surface area contributed by atoms with Gasteiger partial charge in [0.2, 0.25) is 0 Å². The first-order valence-electron chi connectivity index (χ1n) is 5.96. The number of aliphatic hydroxyl groups excluding tert-OH is 1. The van der Waals surface area contributed by atoms with Crippen LogP contribution in [-0.4, -0.2) is 11.7 Å². The van der Waals surface area contributed by atoms with Gasteiger partial charge in [0.05, 0.1) is 12.7 Å². The molecule has 0 saturated carbocycles. The fourth-order valence-corrected chi connectivity index (χ4v) is 1.48. The molecule has 0 heterocycles. The standard InChI is InChI=1S/C14H22O2/c1-5-10(2)9-16-14-7-6-11(3)8-13(14)12(4)15/h6-8,10,12,15H,5,9H2,1-4H3/t10?,12-/m0/s1. The van der Waals surface area contributed by atoms with Crippen LogP contribution in [-0.2, 0) is 0 Å². The van der Waals surface area contributed by atoms with E-state index in [1.54, 1.807) is 6.92 Å². The van der Waals surface area contributed by atoms with Gasteiger partial charge in [-0.3, -0.25) is 0 Å². The minimum absolute atomic E-state index is 0.480. The molecular formula is C14H22O2. The van der Waals surface area contributed by atoms with Gasteiger partial charge in [-0.2, -0.15) is 0 Å². The van der Waals surface area contributed by atoms with Crippen LogP contribution in [0.15, 0.2) is 18.2 Å². The Morgan fingerprint density at radius 1 is 1.31 bits per heavy atom. The molecule has 1 unspecified atom stereocenters. The van der Waals surface area contributed by atoms with Crippen LogP contribution in [0.25, 0.3) is 0 Å². The van der Waals surface area contributed by atoms with E-state index in [9.17, 15) is 5.11 Å². The van der Waals surface area contributed by atoms with Gasteiger partial charge in [0, 0.05) is 5.56 Å². The number of aryl methyl sites for hydroxylation is 1. The van der Waals surface area contributed by atoms with Crippen molar-refractivity contribution in [1.82, 2.24) is 0 Å². The zero-order valence-electron chi connectivity index (χ0n) is 10.7. The lowest BCUT2D eigenvalue weighted by Crippen LogP contribution is -2.09. The van der Waals surface area contributed by atoms with Crippen molar-refractivity contribution in [1.29, 1.82) is 0 Å². The molecule has 2 nitrogen and oxygen atoms in total. The highest BCUT2D eigenvalue weighted by Gasteiger charge is 2.10. The Morgan fingerprint density at radius 2 is 2.00 bits per heavy atom. The summed E-state index contributed by atoms with van der Waals surface area (Å²) in [5.41, 5.74) is 2.02. The summed E-state index contributed by atoms with van der Waals surface area (Å²) < 4.78 is 5.75. The van der Waals surface area contributed by atoms with E-state index in [0.29, 0.717) is 12.5 Å². The number of rotatable bonds is 5. The summed E-state index contributed by atoms with van der Waals surface area (Å²) in [7, 11) is 0. The normalized spacial score (nSPS) is 14.6. The van der Waals surface area contributed by atoms with Gasteiger partial charge in [-0.05, 0) is 31.9 Å². The molecule has 1 N–H and O–H groups in total. The van der Waals surface area contributed by atoms with Crippen molar-refractivity contribution in [3.8, 4) is 5.75 Å². The average molecular weight is 222 g/mol. The van der Waals surface area contributed by atoms with Crippen LogP contribution < -0.4 is 4.74 Å².